The van der Waals surface area contributed by atoms with E-state index in [0.717, 1.165) is 5.56 Å². The molecule has 3 aromatic rings. The van der Waals surface area contributed by atoms with Gasteiger partial charge in [-0.2, -0.15) is 0 Å². The number of pyridine rings is 1. The molecule has 1 atom stereocenters. The molecule has 2 aromatic heterocycles. The van der Waals surface area contributed by atoms with Crippen molar-refractivity contribution in [3.8, 4) is 11.5 Å². The van der Waals surface area contributed by atoms with Gasteiger partial charge in [-0.3, -0.25) is 9.78 Å². The number of ketones is 1. The van der Waals surface area contributed by atoms with E-state index < -0.39 is 0 Å². The fourth-order valence-electron chi connectivity index (χ4n) is 1.91. The molecule has 5 nitrogen and oxygen atoms in total. The molecule has 0 saturated carbocycles. The lowest BCUT2D eigenvalue weighted by Gasteiger charge is -2.06. The lowest BCUT2D eigenvalue weighted by Crippen LogP contribution is -2.13. The molecule has 0 bridgehead atoms. The van der Waals surface area contributed by atoms with Crippen molar-refractivity contribution in [2.75, 3.05) is 0 Å². The molecule has 0 aliphatic rings. The Kier molecular flexibility index (Phi) is 4.29. The van der Waals surface area contributed by atoms with Crippen LogP contribution in [0.3, 0.4) is 0 Å². The molecular formula is C16H13N3O2S. The molecule has 0 spiro atoms. The van der Waals surface area contributed by atoms with Gasteiger partial charge in [-0.15, -0.1) is 10.2 Å². The van der Waals surface area contributed by atoms with Gasteiger partial charge in [-0.1, -0.05) is 42.1 Å². The maximum absolute atomic E-state index is 12.3. The van der Waals surface area contributed by atoms with Crippen LogP contribution in [0.15, 0.2) is 64.5 Å². The van der Waals surface area contributed by atoms with Crippen molar-refractivity contribution in [3.63, 3.8) is 0 Å². The van der Waals surface area contributed by atoms with Crippen LogP contribution in [-0.4, -0.2) is 26.2 Å². The van der Waals surface area contributed by atoms with Crippen LogP contribution in [0.25, 0.3) is 11.5 Å². The zero-order valence-electron chi connectivity index (χ0n) is 11.8. The second kappa shape index (κ2) is 6.53. The molecule has 3 rings (SSSR count). The highest BCUT2D eigenvalue weighted by Crippen LogP contribution is 2.27. The van der Waals surface area contributed by atoms with Crippen molar-refractivity contribution >= 4 is 17.5 Å². The van der Waals surface area contributed by atoms with Gasteiger partial charge >= 0.3 is 0 Å². The number of carbonyl (C=O) groups is 1. The average Bonchev–Trinajstić information content (AvgIpc) is 3.04. The summed E-state index contributed by atoms with van der Waals surface area (Å²) >= 11 is 1.26. The predicted molar refractivity (Wildman–Crippen MR) is 83.6 cm³/mol. The minimum atomic E-state index is -0.298. The van der Waals surface area contributed by atoms with Crippen LogP contribution in [0.2, 0.25) is 0 Å². The number of thioether (sulfide) groups is 1. The smallest absolute Gasteiger partial charge is 0.277 e. The number of Topliss-reactive ketones (excluding diaryl/α,β-unsaturated/α-hetero) is 1. The van der Waals surface area contributed by atoms with Crippen molar-refractivity contribution in [3.05, 3.63) is 60.4 Å². The molecule has 0 aliphatic carbocycles. The molecule has 1 unspecified atom stereocenters. The van der Waals surface area contributed by atoms with E-state index in [-0.39, 0.29) is 11.0 Å². The van der Waals surface area contributed by atoms with Crippen molar-refractivity contribution in [1.82, 2.24) is 15.2 Å². The van der Waals surface area contributed by atoms with Gasteiger partial charge in [-0.05, 0) is 19.1 Å². The Morgan fingerprint density at radius 3 is 2.55 bits per heavy atom. The third kappa shape index (κ3) is 3.23. The Labute approximate surface area is 131 Å². The van der Waals surface area contributed by atoms with Crippen molar-refractivity contribution < 1.29 is 9.21 Å². The summed E-state index contributed by atoms with van der Waals surface area (Å²) in [5.74, 6) is 0.457. The van der Waals surface area contributed by atoms with Gasteiger partial charge < -0.3 is 4.42 Å². The highest BCUT2D eigenvalue weighted by molar-refractivity contribution is 8.00. The first kappa shape index (κ1) is 14.5. The van der Waals surface area contributed by atoms with Crippen LogP contribution in [0.4, 0.5) is 0 Å². The topological polar surface area (TPSA) is 68.9 Å². The van der Waals surface area contributed by atoms with Crippen LogP contribution in [0.5, 0.6) is 0 Å². The first-order valence-corrected chi connectivity index (χ1v) is 7.62. The second-order valence-electron chi connectivity index (χ2n) is 4.60. The number of carbonyl (C=O) groups excluding carboxylic acids is 1. The highest BCUT2D eigenvalue weighted by atomic mass is 32.2. The molecule has 110 valence electrons. The number of hydrogen-bond acceptors (Lipinski definition) is 6. The fourth-order valence-corrected chi connectivity index (χ4v) is 2.67. The summed E-state index contributed by atoms with van der Waals surface area (Å²) in [6.07, 6.45) is 3.32. The monoisotopic (exact) mass is 311 g/mol. The highest BCUT2D eigenvalue weighted by Gasteiger charge is 2.19. The van der Waals surface area contributed by atoms with Crippen LogP contribution in [-0.2, 0) is 0 Å². The second-order valence-corrected chi connectivity index (χ2v) is 5.89. The summed E-state index contributed by atoms with van der Waals surface area (Å²) in [6, 6.07) is 12.8. The maximum Gasteiger partial charge on any atom is 0.277 e. The maximum atomic E-state index is 12.3. The fraction of sp³-hybridized carbons (Fsp3) is 0.125. The molecule has 0 radical (unpaired) electrons. The van der Waals surface area contributed by atoms with Gasteiger partial charge in [0.25, 0.3) is 5.22 Å². The summed E-state index contributed by atoms with van der Waals surface area (Å²) in [5, 5.41) is 8.06. The number of rotatable bonds is 5. The third-order valence-corrected chi connectivity index (χ3v) is 3.97. The molecule has 0 aliphatic heterocycles. The molecule has 2 heterocycles. The van der Waals surface area contributed by atoms with E-state index in [1.54, 1.807) is 36.7 Å². The lowest BCUT2D eigenvalue weighted by atomic mass is 10.1. The Bertz CT molecular complexity index is 759. The van der Waals surface area contributed by atoms with Crippen LogP contribution >= 0.6 is 11.8 Å². The van der Waals surface area contributed by atoms with Crippen LogP contribution in [0, 0.1) is 0 Å². The molecule has 6 heteroatoms. The number of nitrogens with zero attached hydrogens (tertiary/aromatic N) is 3. The van der Waals surface area contributed by atoms with Gasteiger partial charge in [0.15, 0.2) is 5.78 Å². The van der Waals surface area contributed by atoms with Crippen LogP contribution in [0.1, 0.15) is 17.3 Å². The first-order chi connectivity index (χ1) is 10.7. The predicted octanol–water partition coefficient (Wildman–Crippen LogP) is 3.50. The quantitative estimate of drug-likeness (QED) is 0.530. The van der Waals surface area contributed by atoms with Crippen molar-refractivity contribution in [2.45, 2.75) is 17.4 Å². The molecule has 0 N–H and O–H groups in total. The Hall–Kier alpha value is -2.47. The number of aromatic nitrogens is 3. The largest absolute Gasteiger partial charge is 0.411 e. The van der Waals surface area contributed by atoms with E-state index in [4.69, 9.17) is 4.42 Å². The lowest BCUT2D eigenvalue weighted by molar-refractivity contribution is 0.0993. The average molecular weight is 311 g/mol. The zero-order valence-corrected chi connectivity index (χ0v) is 12.7. The Balaban J connectivity index is 1.71. The first-order valence-electron chi connectivity index (χ1n) is 6.74. The van der Waals surface area contributed by atoms with E-state index in [1.807, 2.05) is 25.1 Å². The van der Waals surface area contributed by atoms with E-state index >= 15 is 0 Å². The van der Waals surface area contributed by atoms with Gasteiger partial charge in [-0.25, -0.2) is 0 Å². The normalized spacial score (nSPS) is 12.0. The van der Waals surface area contributed by atoms with E-state index in [2.05, 4.69) is 15.2 Å². The molecule has 0 fully saturated rings. The van der Waals surface area contributed by atoms with Crippen molar-refractivity contribution in [1.29, 1.82) is 0 Å². The summed E-state index contributed by atoms with van der Waals surface area (Å²) in [4.78, 5) is 16.2. The van der Waals surface area contributed by atoms with Crippen LogP contribution < -0.4 is 0 Å². The van der Waals surface area contributed by atoms with E-state index in [9.17, 15) is 4.79 Å². The molecule has 22 heavy (non-hydrogen) atoms. The summed E-state index contributed by atoms with van der Waals surface area (Å²) in [7, 11) is 0. The third-order valence-electron chi connectivity index (χ3n) is 3.04. The summed E-state index contributed by atoms with van der Waals surface area (Å²) in [6.45, 7) is 1.83. The minimum absolute atomic E-state index is 0.0364. The minimum Gasteiger partial charge on any atom is -0.411 e. The molecule has 0 amide bonds. The van der Waals surface area contributed by atoms with Gasteiger partial charge in [0.2, 0.25) is 5.89 Å². The Morgan fingerprint density at radius 1 is 1.09 bits per heavy atom. The SMILES string of the molecule is CC(Sc1nnc(-c2ccncc2)o1)C(=O)c1ccccc1. The number of benzene rings is 1. The summed E-state index contributed by atoms with van der Waals surface area (Å²) in [5.41, 5.74) is 1.48. The molecule has 0 saturated heterocycles. The van der Waals surface area contributed by atoms with Gasteiger partial charge in [0, 0.05) is 23.5 Å². The standard InChI is InChI=1S/C16H13N3O2S/c1-11(14(20)12-5-3-2-4-6-12)22-16-19-18-15(21-16)13-7-9-17-10-8-13/h2-11H,1H3. The van der Waals surface area contributed by atoms with E-state index in [0.29, 0.717) is 16.7 Å². The summed E-state index contributed by atoms with van der Waals surface area (Å²) < 4.78 is 5.59. The van der Waals surface area contributed by atoms with Gasteiger partial charge in [0.1, 0.15) is 0 Å². The van der Waals surface area contributed by atoms with E-state index in [1.165, 1.54) is 11.8 Å². The van der Waals surface area contributed by atoms with Crippen molar-refractivity contribution in [2.24, 2.45) is 0 Å². The number of hydrogen-bond donors (Lipinski definition) is 0. The van der Waals surface area contributed by atoms with Gasteiger partial charge in [0.05, 0.1) is 5.25 Å². The zero-order chi connectivity index (χ0) is 15.4. The molecule has 1 aromatic carbocycles. The Morgan fingerprint density at radius 2 is 1.82 bits per heavy atom. The molecular weight excluding hydrogens is 298 g/mol.